The van der Waals surface area contributed by atoms with Crippen LogP contribution in [0.3, 0.4) is 0 Å². The molecule has 1 unspecified atom stereocenters. The van der Waals surface area contributed by atoms with Gasteiger partial charge in [-0.1, -0.05) is 0 Å². The maximum atomic E-state index is 8.61. The molecule has 0 aliphatic heterocycles. The number of hydrogen-bond acceptors (Lipinski definition) is 1. The Morgan fingerprint density at radius 3 is 2.17 bits per heavy atom. The van der Waals surface area contributed by atoms with E-state index in [-0.39, 0.29) is 4.32 Å². The Morgan fingerprint density at radius 2 is 2.17 bits per heavy atom. The Morgan fingerprint density at radius 1 is 2.00 bits per heavy atom. The molecule has 1 N–H and O–H groups in total. The summed E-state index contributed by atoms with van der Waals surface area (Å²) in [5.41, 5.74) is 0. The van der Waals surface area contributed by atoms with E-state index in [0.29, 0.717) is 0 Å². The SMILES string of the molecule is C[CH](O)[Nb]([SiH3])[Cl]. The first-order valence-corrected chi connectivity index (χ1v) is 13.3. The van der Waals surface area contributed by atoms with Crippen molar-refractivity contribution in [2.75, 3.05) is 0 Å². The van der Waals surface area contributed by atoms with Crippen LogP contribution in [0.1, 0.15) is 6.92 Å². The number of halogens is 1. The van der Waals surface area contributed by atoms with E-state index in [1.165, 1.54) is 0 Å². The summed E-state index contributed by atoms with van der Waals surface area (Å²) in [5.74, 6) is 0. The molecule has 0 aliphatic rings. The Kier molecular flexibility index (Phi) is 3.89. The van der Waals surface area contributed by atoms with Gasteiger partial charge < -0.3 is 0 Å². The molecule has 0 spiro atoms. The van der Waals surface area contributed by atoms with Crippen LogP contribution in [0.25, 0.3) is 0 Å². The van der Waals surface area contributed by atoms with Crippen LogP contribution in [0.4, 0.5) is 0 Å². The van der Waals surface area contributed by atoms with E-state index in [2.05, 4.69) is 0 Å². The van der Waals surface area contributed by atoms with Crippen LogP contribution in [-0.2, 0) is 16.6 Å². The topological polar surface area (TPSA) is 20.2 Å². The summed E-state index contributed by atoms with van der Waals surface area (Å²) in [6.07, 6.45) is 0. The predicted octanol–water partition coefficient (Wildman–Crippen LogP) is -0.623. The second-order valence-corrected chi connectivity index (χ2v) is 17.8. The van der Waals surface area contributed by atoms with Gasteiger partial charge in [0.05, 0.1) is 0 Å². The summed E-state index contributed by atoms with van der Waals surface area (Å²) in [4.78, 5) is 0. The first-order valence-electron chi connectivity index (χ1n) is 1.71. The molecule has 0 fully saturated rings. The molecule has 0 saturated heterocycles. The molecular formula is C2H8ClNbOSi. The quantitative estimate of drug-likeness (QED) is 0.565. The Bertz CT molecular complexity index is 34.5. The molecule has 0 amide bonds. The van der Waals surface area contributed by atoms with Crippen LogP contribution in [0, 0.1) is 0 Å². The molecule has 1 nitrogen and oxygen atoms in total. The molecule has 4 heteroatoms. The summed E-state index contributed by atoms with van der Waals surface area (Å²) in [5, 5.41) is 8.61. The number of hydrogen-bond donors (Lipinski definition) is 1. The van der Waals surface area contributed by atoms with Crippen molar-refractivity contribution in [2.45, 2.75) is 11.2 Å². The van der Waals surface area contributed by atoms with E-state index < -0.39 is 16.6 Å². The Balaban J connectivity index is 2.99. The second-order valence-electron chi connectivity index (χ2n) is 1.16. The molecule has 0 aliphatic carbocycles. The molecular weight excluding hydrogens is 196 g/mol. The van der Waals surface area contributed by atoms with Crippen LogP contribution in [0.5, 0.6) is 0 Å². The summed E-state index contributed by atoms with van der Waals surface area (Å²) >= 11 is -1.43. The van der Waals surface area contributed by atoms with Crippen LogP contribution in [0.2, 0.25) is 0 Å². The molecule has 0 aromatic carbocycles. The van der Waals surface area contributed by atoms with Gasteiger partial charge in [0.1, 0.15) is 0 Å². The molecule has 0 aromatic rings. The third-order valence-corrected chi connectivity index (χ3v) is 9.14. The van der Waals surface area contributed by atoms with Crippen molar-refractivity contribution in [1.29, 1.82) is 0 Å². The van der Waals surface area contributed by atoms with Gasteiger partial charge in [-0.25, -0.2) is 0 Å². The van der Waals surface area contributed by atoms with E-state index in [9.17, 15) is 0 Å². The maximum absolute atomic E-state index is 8.61. The standard InChI is InChI=1S/C2H5O.ClH.Nb.H3Si/c1-2-3;;;/h2-3H,1H3;1H;;1H3/q;;+1;/p-1. The zero-order chi connectivity index (χ0) is 5.15. The van der Waals surface area contributed by atoms with Crippen LogP contribution in [0.15, 0.2) is 0 Å². The van der Waals surface area contributed by atoms with Gasteiger partial charge in [0.25, 0.3) is 0 Å². The summed E-state index contributed by atoms with van der Waals surface area (Å²) in [6, 6.07) is 0. The van der Waals surface area contributed by atoms with Crippen LogP contribution >= 0.6 is 9.19 Å². The van der Waals surface area contributed by atoms with E-state index >= 15 is 0 Å². The predicted molar refractivity (Wildman–Crippen MR) is 27.5 cm³/mol. The molecule has 38 valence electrons. The fourth-order valence-corrected chi connectivity index (χ4v) is 0. The van der Waals surface area contributed by atoms with E-state index in [1.54, 1.807) is 6.92 Å². The molecule has 0 bridgehead atoms. The third kappa shape index (κ3) is 3.40. The van der Waals surface area contributed by atoms with Gasteiger partial charge in [-0.05, 0) is 0 Å². The van der Waals surface area contributed by atoms with Gasteiger partial charge in [-0.15, -0.1) is 0 Å². The zero-order valence-electron chi connectivity index (χ0n) is 3.85. The molecule has 0 heterocycles. The van der Waals surface area contributed by atoms with E-state index in [0.717, 1.165) is 8.00 Å². The normalized spacial score (nSPS) is 16.0. The van der Waals surface area contributed by atoms with E-state index in [1.807, 2.05) is 0 Å². The summed E-state index contributed by atoms with van der Waals surface area (Å²) in [6.45, 7) is 1.78. The minimum absolute atomic E-state index is 0.138. The zero-order valence-corrected chi connectivity index (χ0v) is 8.80. The fraction of sp³-hybridized carbons (Fsp3) is 1.00. The van der Waals surface area contributed by atoms with Gasteiger partial charge in [-0.2, -0.15) is 0 Å². The number of aliphatic hydroxyl groups excluding tert-OH is 1. The van der Waals surface area contributed by atoms with Gasteiger partial charge in [0.2, 0.25) is 0 Å². The van der Waals surface area contributed by atoms with Crippen molar-refractivity contribution in [2.24, 2.45) is 0 Å². The van der Waals surface area contributed by atoms with E-state index in [4.69, 9.17) is 14.3 Å². The average Bonchev–Trinajstić information content (AvgIpc) is 1.36. The van der Waals surface area contributed by atoms with Gasteiger partial charge in [-0.3, -0.25) is 0 Å². The monoisotopic (exact) mass is 204 g/mol. The Hall–Kier alpha value is 1.21. The van der Waals surface area contributed by atoms with Crippen molar-refractivity contribution in [3.05, 3.63) is 0 Å². The van der Waals surface area contributed by atoms with Crippen molar-refractivity contribution >= 4 is 17.2 Å². The average molecular weight is 205 g/mol. The van der Waals surface area contributed by atoms with Crippen molar-refractivity contribution in [3.8, 4) is 0 Å². The molecule has 1 atom stereocenters. The van der Waals surface area contributed by atoms with Crippen molar-refractivity contribution in [3.63, 3.8) is 0 Å². The fourth-order valence-electron chi connectivity index (χ4n) is 0. The van der Waals surface area contributed by atoms with Gasteiger partial charge in [0, 0.05) is 0 Å². The molecule has 6 heavy (non-hydrogen) atoms. The first-order chi connectivity index (χ1) is 2.64. The van der Waals surface area contributed by atoms with Crippen molar-refractivity contribution < 1.29 is 21.7 Å². The Labute approximate surface area is 50.2 Å². The summed E-state index contributed by atoms with van der Waals surface area (Å²) in [7, 11) is 6.66. The molecule has 0 aromatic heterocycles. The molecule has 0 rings (SSSR count). The molecule has 0 saturated carbocycles. The van der Waals surface area contributed by atoms with Gasteiger partial charge >= 0.3 is 50.1 Å². The van der Waals surface area contributed by atoms with Crippen molar-refractivity contribution in [1.82, 2.24) is 0 Å². The van der Waals surface area contributed by atoms with Gasteiger partial charge in [0.15, 0.2) is 0 Å². The van der Waals surface area contributed by atoms with Crippen LogP contribution in [-0.4, -0.2) is 17.4 Å². The minimum atomic E-state index is -1.43. The number of rotatable bonds is 1. The van der Waals surface area contributed by atoms with Crippen LogP contribution < -0.4 is 0 Å². The molecule has 0 radical (unpaired) electrons. The number of aliphatic hydroxyl groups is 1. The first kappa shape index (κ1) is 7.21. The third-order valence-electron chi connectivity index (χ3n) is 0.515. The second kappa shape index (κ2) is 3.24. The summed E-state index contributed by atoms with van der Waals surface area (Å²) < 4.78 is -0.138.